The van der Waals surface area contributed by atoms with Crippen LogP contribution in [-0.4, -0.2) is 27.2 Å². The first kappa shape index (κ1) is 10.5. The van der Waals surface area contributed by atoms with Crippen molar-refractivity contribution in [2.24, 2.45) is 11.7 Å². The highest BCUT2D eigenvalue weighted by Gasteiger charge is 2.30. The van der Waals surface area contributed by atoms with Crippen LogP contribution in [0.4, 0.5) is 10.3 Å². The third-order valence-electron chi connectivity index (χ3n) is 3.05. The Morgan fingerprint density at radius 1 is 1.53 bits per heavy atom. The second-order valence-electron chi connectivity index (χ2n) is 4.41. The number of nitrogens with one attached hydrogen (secondary N) is 1. The van der Waals surface area contributed by atoms with Crippen molar-refractivity contribution >= 4 is 11.6 Å². The predicted molar refractivity (Wildman–Crippen MR) is 62.1 cm³/mol. The van der Waals surface area contributed by atoms with Crippen LogP contribution in [-0.2, 0) is 0 Å². The average molecular weight is 235 g/mol. The third-order valence-corrected chi connectivity index (χ3v) is 3.05. The van der Waals surface area contributed by atoms with Gasteiger partial charge in [-0.3, -0.25) is 0 Å². The van der Waals surface area contributed by atoms with E-state index in [1.54, 1.807) is 6.07 Å². The number of hydrogen-bond donors (Lipinski definition) is 2. The molecule has 0 bridgehead atoms. The largest absolute Gasteiger partial charge is 0.349 e. The number of aromatic nitrogens is 3. The van der Waals surface area contributed by atoms with Crippen LogP contribution in [0.3, 0.4) is 0 Å². The van der Waals surface area contributed by atoms with E-state index in [1.165, 1.54) is 29.6 Å². The van der Waals surface area contributed by atoms with Crippen molar-refractivity contribution in [3.63, 3.8) is 0 Å². The molecule has 2 aromatic heterocycles. The lowest BCUT2D eigenvalue weighted by atomic mass is 10.2. The molecule has 0 aromatic carbocycles. The van der Waals surface area contributed by atoms with E-state index in [9.17, 15) is 4.39 Å². The van der Waals surface area contributed by atoms with Crippen LogP contribution in [0.1, 0.15) is 12.8 Å². The van der Waals surface area contributed by atoms with Gasteiger partial charge in [-0.05, 0) is 30.9 Å². The molecule has 0 aliphatic heterocycles. The van der Waals surface area contributed by atoms with Crippen LogP contribution in [0.15, 0.2) is 18.3 Å². The SMILES string of the molecule is NCC(Nc1nc2ccc(F)cn2n1)C1CC1. The van der Waals surface area contributed by atoms with E-state index < -0.39 is 0 Å². The summed E-state index contributed by atoms with van der Waals surface area (Å²) in [6, 6.07) is 3.19. The molecule has 2 heterocycles. The van der Waals surface area contributed by atoms with Gasteiger partial charge in [-0.25, -0.2) is 8.91 Å². The van der Waals surface area contributed by atoms with E-state index in [1.807, 2.05) is 0 Å². The Labute approximate surface area is 97.8 Å². The van der Waals surface area contributed by atoms with E-state index in [0.29, 0.717) is 24.1 Å². The predicted octanol–water partition coefficient (Wildman–Crippen LogP) is 1.02. The number of nitrogens with two attached hydrogens (primary N) is 1. The summed E-state index contributed by atoms with van der Waals surface area (Å²) in [5.41, 5.74) is 6.32. The van der Waals surface area contributed by atoms with Gasteiger partial charge in [0.25, 0.3) is 0 Å². The van der Waals surface area contributed by atoms with Gasteiger partial charge in [-0.15, -0.1) is 5.10 Å². The lowest BCUT2D eigenvalue weighted by Crippen LogP contribution is -2.31. The quantitative estimate of drug-likeness (QED) is 0.830. The van der Waals surface area contributed by atoms with Crippen LogP contribution >= 0.6 is 0 Å². The highest BCUT2D eigenvalue weighted by Crippen LogP contribution is 2.33. The van der Waals surface area contributed by atoms with Crippen molar-refractivity contribution < 1.29 is 4.39 Å². The van der Waals surface area contributed by atoms with Crippen molar-refractivity contribution in [2.45, 2.75) is 18.9 Å². The molecule has 0 amide bonds. The molecule has 1 saturated carbocycles. The molecule has 3 rings (SSSR count). The van der Waals surface area contributed by atoms with Crippen LogP contribution in [0.25, 0.3) is 5.65 Å². The maximum absolute atomic E-state index is 13.0. The lowest BCUT2D eigenvalue weighted by molar-refractivity contribution is 0.614. The number of halogens is 1. The molecular formula is C11H14FN5. The Kier molecular flexibility index (Phi) is 2.44. The Morgan fingerprint density at radius 2 is 2.35 bits per heavy atom. The van der Waals surface area contributed by atoms with Gasteiger partial charge in [-0.1, -0.05) is 0 Å². The van der Waals surface area contributed by atoms with Crippen molar-refractivity contribution in [1.82, 2.24) is 14.6 Å². The van der Waals surface area contributed by atoms with Crippen molar-refractivity contribution in [1.29, 1.82) is 0 Å². The highest BCUT2D eigenvalue weighted by atomic mass is 19.1. The van der Waals surface area contributed by atoms with Crippen molar-refractivity contribution in [3.8, 4) is 0 Å². The van der Waals surface area contributed by atoms with Gasteiger partial charge in [0.05, 0.1) is 6.20 Å². The summed E-state index contributed by atoms with van der Waals surface area (Å²) < 4.78 is 14.4. The fourth-order valence-corrected chi connectivity index (χ4v) is 1.95. The minimum absolute atomic E-state index is 0.220. The topological polar surface area (TPSA) is 68.2 Å². The summed E-state index contributed by atoms with van der Waals surface area (Å²) in [6.45, 7) is 0.564. The molecule has 0 saturated heterocycles. The zero-order valence-corrected chi connectivity index (χ0v) is 9.31. The molecule has 3 N–H and O–H groups in total. The molecular weight excluding hydrogens is 221 g/mol. The molecule has 5 nitrogen and oxygen atoms in total. The molecule has 1 aliphatic rings. The molecule has 0 radical (unpaired) electrons. The minimum Gasteiger partial charge on any atom is -0.349 e. The first-order chi connectivity index (χ1) is 8.26. The lowest BCUT2D eigenvalue weighted by Gasteiger charge is -2.13. The standard InChI is InChI=1S/C11H14FN5/c12-8-3-4-10-15-11(16-17(10)6-8)14-9(5-13)7-1-2-7/h3-4,6-7,9H,1-2,5,13H2,(H,14,16). The molecule has 0 spiro atoms. The molecule has 6 heteroatoms. The van der Waals surface area contributed by atoms with E-state index in [4.69, 9.17) is 5.73 Å². The second-order valence-corrected chi connectivity index (χ2v) is 4.41. The molecule has 90 valence electrons. The molecule has 1 aliphatic carbocycles. The van der Waals surface area contributed by atoms with Gasteiger partial charge < -0.3 is 11.1 Å². The summed E-state index contributed by atoms with van der Waals surface area (Å²) in [4.78, 5) is 4.27. The number of pyridine rings is 1. The van der Waals surface area contributed by atoms with E-state index >= 15 is 0 Å². The van der Waals surface area contributed by atoms with Crippen LogP contribution in [0, 0.1) is 11.7 Å². The molecule has 1 unspecified atom stereocenters. The first-order valence-corrected chi connectivity index (χ1v) is 5.75. The maximum atomic E-state index is 13.0. The highest BCUT2D eigenvalue weighted by molar-refractivity contribution is 5.43. The Balaban J connectivity index is 1.84. The van der Waals surface area contributed by atoms with Crippen molar-refractivity contribution in [2.75, 3.05) is 11.9 Å². The van der Waals surface area contributed by atoms with Crippen LogP contribution < -0.4 is 11.1 Å². The Hall–Kier alpha value is -1.69. The van der Waals surface area contributed by atoms with Crippen molar-refractivity contribution in [3.05, 3.63) is 24.1 Å². The van der Waals surface area contributed by atoms with Gasteiger partial charge in [0.15, 0.2) is 5.65 Å². The fourth-order valence-electron chi connectivity index (χ4n) is 1.95. The monoisotopic (exact) mass is 235 g/mol. The second kappa shape index (κ2) is 3.96. The van der Waals surface area contributed by atoms with Crippen LogP contribution in [0.5, 0.6) is 0 Å². The first-order valence-electron chi connectivity index (χ1n) is 5.75. The summed E-state index contributed by atoms with van der Waals surface area (Å²) >= 11 is 0. The maximum Gasteiger partial charge on any atom is 0.243 e. The van der Waals surface area contributed by atoms with E-state index in [-0.39, 0.29) is 11.9 Å². The summed E-state index contributed by atoms with van der Waals surface area (Å²) in [6.07, 6.45) is 3.72. The Bertz CT molecular complexity index is 534. The molecule has 17 heavy (non-hydrogen) atoms. The van der Waals surface area contributed by atoms with Gasteiger partial charge >= 0.3 is 0 Å². The molecule has 2 aromatic rings. The number of hydrogen-bond acceptors (Lipinski definition) is 4. The average Bonchev–Trinajstić information content (AvgIpc) is 3.07. The van der Waals surface area contributed by atoms with Gasteiger partial charge in [0, 0.05) is 12.6 Å². The summed E-state index contributed by atoms with van der Waals surface area (Å²) in [5, 5.41) is 7.38. The minimum atomic E-state index is -0.327. The van der Waals surface area contributed by atoms with E-state index in [0.717, 1.165) is 0 Å². The normalized spacial score (nSPS) is 17.3. The van der Waals surface area contributed by atoms with Gasteiger partial charge in [0.2, 0.25) is 5.95 Å². The summed E-state index contributed by atoms with van der Waals surface area (Å²) in [7, 11) is 0. The number of fused-ring (bicyclic) bond motifs is 1. The Morgan fingerprint density at radius 3 is 3.06 bits per heavy atom. The molecule has 1 atom stereocenters. The zero-order chi connectivity index (χ0) is 11.8. The van der Waals surface area contributed by atoms with E-state index in [2.05, 4.69) is 15.4 Å². The summed E-state index contributed by atoms with van der Waals surface area (Å²) in [5.74, 6) is 0.813. The molecule has 1 fully saturated rings. The van der Waals surface area contributed by atoms with Gasteiger partial charge in [0.1, 0.15) is 5.82 Å². The smallest absolute Gasteiger partial charge is 0.243 e. The fraction of sp³-hybridized carbons (Fsp3) is 0.455. The zero-order valence-electron chi connectivity index (χ0n) is 9.31. The number of anilines is 1. The van der Waals surface area contributed by atoms with Crippen LogP contribution in [0.2, 0.25) is 0 Å². The third kappa shape index (κ3) is 2.08. The number of rotatable bonds is 4. The van der Waals surface area contributed by atoms with Gasteiger partial charge in [-0.2, -0.15) is 4.98 Å². The number of nitrogens with zero attached hydrogens (tertiary/aromatic N) is 3.